The summed E-state index contributed by atoms with van der Waals surface area (Å²) in [5.74, 6) is 0.252. The summed E-state index contributed by atoms with van der Waals surface area (Å²) in [6.07, 6.45) is 1.40. The van der Waals surface area contributed by atoms with E-state index in [1.807, 2.05) is 6.92 Å². The van der Waals surface area contributed by atoms with E-state index in [0.717, 1.165) is 26.2 Å². The number of likely N-dealkylation sites (N-methyl/N-ethyl adjacent to an activating group) is 2. The van der Waals surface area contributed by atoms with Crippen LogP contribution in [0.25, 0.3) is 0 Å². The Kier molecular flexibility index (Phi) is 7.51. The molecule has 0 amide bonds. The number of hydrogen-bond acceptors (Lipinski definition) is 5. The number of aromatic nitrogens is 1. The van der Waals surface area contributed by atoms with Gasteiger partial charge in [-0.1, -0.05) is 13.8 Å². The van der Waals surface area contributed by atoms with E-state index >= 15 is 0 Å². The van der Waals surface area contributed by atoms with Crippen LogP contribution in [0.5, 0.6) is 5.75 Å². The first-order valence-corrected chi connectivity index (χ1v) is 7.32. The van der Waals surface area contributed by atoms with Crippen LogP contribution in [-0.4, -0.2) is 63.8 Å². The fourth-order valence-electron chi connectivity index (χ4n) is 2.15. The van der Waals surface area contributed by atoms with Crippen molar-refractivity contribution in [3.05, 3.63) is 24.0 Å². The van der Waals surface area contributed by atoms with Gasteiger partial charge in [-0.2, -0.15) is 0 Å². The lowest BCUT2D eigenvalue weighted by atomic mass is 10.3. The molecule has 0 radical (unpaired) electrons. The Morgan fingerprint density at radius 2 is 1.85 bits per heavy atom. The Balaban J connectivity index is 2.49. The molecule has 0 unspecified atom stereocenters. The Labute approximate surface area is 121 Å². The van der Waals surface area contributed by atoms with Crippen molar-refractivity contribution >= 4 is 0 Å². The maximum atomic E-state index is 9.76. The van der Waals surface area contributed by atoms with Crippen molar-refractivity contribution in [3.8, 4) is 5.75 Å². The summed E-state index contributed by atoms with van der Waals surface area (Å²) in [7, 11) is 0. The molecule has 0 spiro atoms. The third-order valence-corrected chi connectivity index (χ3v) is 3.39. The van der Waals surface area contributed by atoms with Crippen LogP contribution in [-0.2, 0) is 6.54 Å². The van der Waals surface area contributed by atoms with Crippen molar-refractivity contribution in [1.29, 1.82) is 0 Å². The Hall–Kier alpha value is -1.17. The molecule has 5 nitrogen and oxygen atoms in total. The Bertz CT molecular complexity index is 385. The van der Waals surface area contributed by atoms with E-state index in [4.69, 9.17) is 0 Å². The summed E-state index contributed by atoms with van der Waals surface area (Å²) in [4.78, 5) is 8.69. The first-order valence-electron chi connectivity index (χ1n) is 7.32. The predicted octanol–water partition coefficient (Wildman–Crippen LogP) is 1.31. The van der Waals surface area contributed by atoms with E-state index in [-0.39, 0.29) is 11.9 Å². The van der Waals surface area contributed by atoms with Crippen molar-refractivity contribution in [2.75, 3.05) is 32.7 Å². The molecule has 0 aromatic carbocycles. The normalized spacial score (nSPS) is 13.1. The molecule has 0 saturated heterocycles. The number of aliphatic hydroxyl groups is 1. The molecule has 1 heterocycles. The third-order valence-electron chi connectivity index (χ3n) is 3.39. The summed E-state index contributed by atoms with van der Waals surface area (Å²) in [6.45, 7) is 11.0. The number of aromatic hydroxyl groups is 1. The van der Waals surface area contributed by atoms with E-state index in [1.54, 1.807) is 18.3 Å². The molecule has 0 aliphatic heterocycles. The Morgan fingerprint density at radius 3 is 2.40 bits per heavy atom. The van der Waals surface area contributed by atoms with Crippen molar-refractivity contribution in [2.45, 2.75) is 33.4 Å². The third kappa shape index (κ3) is 5.86. The van der Waals surface area contributed by atoms with Gasteiger partial charge in [-0.25, -0.2) is 0 Å². The zero-order chi connectivity index (χ0) is 15.0. The molecule has 5 heteroatoms. The topological polar surface area (TPSA) is 59.8 Å². The molecule has 1 rings (SSSR count). The van der Waals surface area contributed by atoms with E-state index in [1.165, 1.54) is 0 Å². The first kappa shape index (κ1) is 16.9. The number of nitrogens with zero attached hydrogens (tertiary/aromatic N) is 3. The van der Waals surface area contributed by atoms with E-state index < -0.39 is 0 Å². The summed E-state index contributed by atoms with van der Waals surface area (Å²) < 4.78 is 0. The van der Waals surface area contributed by atoms with Crippen molar-refractivity contribution in [3.63, 3.8) is 0 Å². The van der Waals surface area contributed by atoms with Crippen LogP contribution < -0.4 is 0 Å². The van der Waals surface area contributed by atoms with Crippen LogP contribution in [0, 0.1) is 0 Å². The van der Waals surface area contributed by atoms with Gasteiger partial charge >= 0.3 is 0 Å². The van der Waals surface area contributed by atoms with Crippen molar-refractivity contribution < 1.29 is 10.2 Å². The van der Waals surface area contributed by atoms with Crippen LogP contribution in [0.3, 0.4) is 0 Å². The van der Waals surface area contributed by atoms with Crippen LogP contribution in [0.15, 0.2) is 18.3 Å². The van der Waals surface area contributed by atoms with Gasteiger partial charge in [-0.05, 0) is 32.1 Å². The van der Waals surface area contributed by atoms with Gasteiger partial charge in [-0.15, -0.1) is 0 Å². The summed E-state index contributed by atoms with van der Waals surface area (Å²) in [5.41, 5.74) is 0.716. The standard InChI is InChI=1S/C15H27N3O2/c1-4-17(11-13(3)19)9-10-18(5-2)12-14-15(20)7-6-8-16-14/h6-8,13,19-20H,4-5,9-12H2,1-3H3/t13-/m0/s1. The van der Waals surface area contributed by atoms with Gasteiger partial charge < -0.3 is 10.2 Å². The highest BCUT2D eigenvalue weighted by Gasteiger charge is 2.11. The van der Waals surface area contributed by atoms with Crippen LogP contribution in [0.2, 0.25) is 0 Å². The minimum Gasteiger partial charge on any atom is -0.506 e. The molecule has 114 valence electrons. The van der Waals surface area contributed by atoms with E-state index in [0.29, 0.717) is 18.8 Å². The molecule has 1 aromatic rings. The molecule has 0 aliphatic carbocycles. The second-order valence-electron chi connectivity index (χ2n) is 5.08. The molecule has 0 saturated carbocycles. The molecule has 0 bridgehead atoms. The van der Waals surface area contributed by atoms with Gasteiger partial charge in [0.05, 0.1) is 11.8 Å². The summed E-state index contributed by atoms with van der Waals surface area (Å²) >= 11 is 0. The molecule has 1 atom stereocenters. The molecule has 0 fully saturated rings. The summed E-state index contributed by atoms with van der Waals surface area (Å²) in [6, 6.07) is 3.40. The van der Waals surface area contributed by atoms with E-state index in [2.05, 4.69) is 28.6 Å². The lowest BCUT2D eigenvalue weighted by Gasteiger charge is -2.26. The predicted molar refractivity (Wildman–Crippen MR) is 80.6 cm³/mol. The second-order valence-corrected chi connectivity index (χ2v) is 5.08. The summed E-state index contributed by atoms with van der Waals surface area (Å²) in [5, 5.41) is 19.2. The monoisotopic (exact) mass is 281 g/mol. The lowest BCUT2D eigenvalue weighted by molar-refractivity contribution is 0.119. The van der Waals surface area contributed by atoms with Gasteiger partial charge in [-0.3, -0.25) is 14.8 Å². The highest BCUT2D eigenvalue weighted by Crippen LogP contribution is 2.14. The fourth-order valence-corrected chi connectivity index (χ4v) is 2.15. The Morgan fingerprint density at radius 1 is 1.20 bits per heavy atom. The maximum absolute atomic E-state index is 9.76. The van der Waals surface area contributed by atoms with Crippen LogP contribution in [0.4, 0.5) is 0 Å². The molecular formula is C15H27N3O2. The smallest absolute Gasteiger partial charge is 0.138 e. The maximum Gasteiger partial charge on any atom is 0.138 e. The molecule has 1 aromatic heterocycles. The van der Waals surface area contributed by atoms with Gasteiger partial charge in [0, 0.05) is 32.4 Å². The molecule has 20 heavy (non-hydrogen) atoms. The lowest BCUT2D eigenvalue weighted by Crippen LogP contribution is -2.38. The van der Waals surface area contributed by atoms with Crippen LogP contribution in [0.1, 0.15) is 26.5 Å². The van der Waals surface area contributed by atoms with Gasteiger partial charge in [0.15, 0.2) is 0 Å². The van der Waals surface area contributed by atoms with Gasteiger partial charge in [0.1, 0.15) is 5.75 Å². The quantitative estimate of drug-likeness (QED) is 0.715. The van der Waals surface area contributed by atoms with Gasteiger partial charge in [0.25, 0.3) is 0 Å². The highest BCUT2D eigenvalue weighted by molar-refractivity contribution is 5.24. The second kappa shape index (κ2) is 8.89. The van der Waals surface area contributed by atoms with Crippen molar-refractivity contribution in [1.82, 2.24) is 14.8 Å². The molecular weight excluding hydrogens is 254 g/mol. The van der Waals surface area contributed by atoms with E-state index in [9.17, 15) is 10.2 Å². The van der Waals surface area contributed by atoms with Gasteiger partial charge in [0.2, 0.25) is 0 Å². The molecule has 0 aliphatic rings. The number of pyridine rings is 1. The largest absolute Gasteiger partial charge is 0.506 e. The average molecular weight is 281 g/mol. The molecule has 2 N–H and O–H groups in total. The minimum atomic E-state index is -0.301. The number of rotatable bonds is 9. The minimum absolute atomic E-state index is 0.252. The zero-order valence-corrected chi connectivity index (χ0v) is 12.8. The fraction of sp³-hybridized carbons (Fsp3) is 0.667. The number of aliphatic hydroxyl groups excluding tert-OH is 1. The highest BCUT2D eigenvalue weighted by atomic mass is 16.3. The van der Waals surface area contributed by atoms with Crippen molar-refractivity contribution in [2.24, 2.45) is 0 Å². The number of hydrogen-bond donors (Lipinski definition) is 2. The SMILES string of the molecule is CCN(CCN(CC)C[C@H](C)O)Cc1ncccc1O. The zero-order valence-electron chi connectivity index (χ0n) is 12.8. The average Bonchev–Trinajstić information content (AvgIpc) is 2.43. The van der Waals surface area contributed by atoms with Crippen LogP contribution >= 0.6 is 0 Å². The first-order chi connectivity index (χ1) is 9.56.